The minimum absolute atomic E-state index is 0.0560. The van der Waals surface area contributed by atoms with Crippen LogP contribution in [0, 0.1) is 0 Å². The van der Waals surface area contributed by atoms with Gasteiger partial charge in [-0.2, -0.15) is 0 Å². The molecule has 1 aromatic heterocycles. The number of para-hydroxylation sites is 1. The molecule has 0 aliphatic rings. The van der Waals surface area contributed by atoms with Crippen LogP contribution in [0.2, 0.25) is 10.0 Å². The van der Waals surface area contributed by atoms with E-state index in [0.717, 1.165) is 27.2 Å². The lowest BCUT2D eigenvalue weighted by Gasteiger charge is -2.17. The minimum Gasteiger partial charge on any atom is -0.464 e. The number of carbonyl (C=O) groups is 3. The first kappa shape index (κ1) is 28.8. The van der Waals surface area contributed by atoms with E-state index in [1.54, 1.807) is 6.20 Å². The number of nitrogens with zero attached hydrogens (tertiary/aromatic N) is 1. The van der Waals surface area contributed by atoms with Gasteiger partial charge in [-0.25, -0.2) is 4.79 Å². The van der Waals surface area contributed by atoms with E-state index in [0.29, 0.717) is 5.56 Å². The number of halogens is 2. The van der Waals surface area contributed by atoms with Crippen molar-refractivity contribution in [3.8, 4) is 0 Å². The molecule has 7 nitrogen and oxygen atoms in total. The van der Waals surface area contributed by atoms with Crippen LogP contribution in [-0.4, -0.2) is 29.9 Å². The van der Waals surface area contributed by atoms with Crippen molar-refractivity contribution in [3.05, 3.63) is 129 Å². The molecule has 0 aliphatic carbocycles. The van der Waals surface area contributed by atoms with Gasteiger partial charge in [0.25, 0.3) is 11.8 Å². The van der Waals surface area contributed by atoms with Gasteiger partial charge in [0.2, 0.25) is 0 Å². The molecule has 42 heavy (non-hydrogen) atoms. The Kier molecular flexibility index (Phi) is 8.52. The summed E-state index contributed by atoms with van der Waals surface area (Å²) < 4.78 is 4.86. The molecule has 2 amide bonds. The van der Waals surface area contributed by atoms with Crippen molar-refractivity contribution in [2.24, 2.45) is 0 Å². The maximum absolute atomic E-state index is 13.2. The van der Waals surface area contributed by atoms with Gasteiger partial charge in [-0.15, -0.1) is 0 Å². The third kappa shape index (κ3) is 6.12. The molecular weight excluding hydrogens is 573 g/mol. The molecule has 210 valence electrons. The highest BCUT2D eigenvalue weighted by Crippen LogP contribution is 2.29. The number of amides is 2. The molecule has 1 heterocycles. The third-order valence-corrected chi connectivity index (χ3v) is 7.34. The van der Waals surface area contributed by atoms with Crippen LogP contribution in [0.3, 0.4) is 0 Å². The molecule has 0 bridgehead atoms. The monoisotopic (exact) mass is 597 g/mol. The molecular formula is C33H25Cl2N3O4. The summed E-state index contributed by atoms with van der Waals surface area (Å²) in [4.78, 5) is 43.3. The van der Waals surface area contributed by atoms with Gasteiger partial charge in [-0.3, -0.25) is 14.6 Å². The van der Waals surface area contributed by atoms with Gasteiger partial charge in [0.05, 0.1) is 34.3 Å². The van der Waals surface area contributed by atoms with E-state index in [1.165, 1.54) is 25.3 Å². The van der Waals surface area contributed by atoms with Crippen molar-refractivity contribution in [1.82, 2.24) is 15.6 Å². The van der Waals surface area contributed by atoms with Gasteiger partial charge in [0.1, 0.15) is 5.70 Å². The Labute approximate surface area is 252 Å². The highest BCUT2D eigenvalue weighted by Gasteiger charge is 2.23. The lowest BCUT2D eigenvalue weighted by atomic mass is 9.99. The SMILES string of the molecule is COC(=O)/C(=C\c1cnc2ccccc2c1)NC(=O)c1c(Cl)cc(C(=O)N[C@H](C)c2cccc3ccccc23)cc1Cl. The van der Waals surface area contributed by atoms with Crippen LogP contribution >= 0.6 is 23.2 Å². The second-order valence-electron chi connectivity index (χ2n) is 9.54. The zero-order chi connectivity index (χ0) is 29.8. The van der Waals surface area contributed by atoms with E-state index in [-0.39, 0.29) is 32.9 Å². The Bertz CT molecular complexity index is 1860. The molecule has 0 spiro atoms. The maximum Gasteiger partial charge on any atom is 0.354 e. The molecule has 5 aromatic rings. The number of hydrogen-bond donors (Lipinski definition) is 2. The lowest BCUT2D eigenvalue weighted by molar-refractivity contribution is -0.136. The number of aromatic nitrogens is 1. The predicted octanol–water partition coefficient (Wildman–Crippen LogP) is 7.13. The summed E-state index contributed by atoms with van der Waals surface area (Å²) >= 11 is 12.9. The molecule has 0 fully saturated rings. The third-order valence-electron chi connectivity index (χ3n) is 6.74. The van der Waals surface area contributed by atoms with Crippen molar-refractivity contribution in [2.45, 2.75) is 13.0 Å². The van der Waals surface area contributed by atoms with Crippen LogP contribution in [0.5, 0.6) is 0 Å². The number of rotatable bonds is 7. The number of fused-ring (bicyclic) bond motifs is 2. The first-order valence-corrected chi connectivity index (χ1v) is 13.7. The Morgan fingerprint density at radius 3 is 2.26 bits per heavy atom. The first-order chi connectivity index (χ1) is 20.2. The zero-order valence-electron chi connectivity index (χ0n) is 22.7. The van der Waals surface area contributed by atoms with Crippen LogP contribution in [0.1, 0.15) is 44.8 Å². The Morgan fingerprint density at radius 2 is 1.52 bits per heavy atom. The van der Waals surface area contributed by atoms with Crippen LogP contribution in [0.15, 0.2) is 96.8 Å². The summed E-state index contributed by atoms with van der Waals surface area (Å²) in [5.41, 5.74) is 2.25. The fraction of sp³-hybridized carbons (Fsp3) is 0.0909. The molecule has 0 unspecified atom stereocenters. The second-order valence-corrected chi connectivity index (χ2v) is 10.4. The fourth-order valence-electron chi connectivity index (χ4n) is 4.68. The highest BCUT2D eigenvalue weighted by molar-refractivity contribution is 6.40. The molecule has 0 saturated carbocycles. The molecule has 4 aromatic carbocycles. The van der Waals surface area contributed by atoms with E-state index >= 15 is 0 Å². The second kappa shape index (κ2) is 12.4. The summed E-state index contributed by atoms with van der Waals surface area (Å²) in [6, 6.07) is 25.6. The van der Waals surface area contributed by atoms with E-state index in [1.807, 2.05) is 79.7 Å². The average molecular weight is 598 g/mol. The van der Waals surface area contributed by atoms with Crippen molar-refractivity contribution in [2.75, 3.05) is 7.11 Å². The molecule has 5 rings (SSSR count). The molecule has 1 atom stereocenters. The molecule has 2 N–H and O–H groups in total. The van der Waals surface area contributed by atoms with Crippen molar-refractivity contribution in [3.63, 3.8) is 0 Å². The lowest BCUT2D eigenvalue weighted by Crippen LogP contribution is -2.29. The Hall–Kier alpha value is -4.72. The normalized spacial score (nSPS) is 12.1. The number of esters is 1. The van der Waals surface area contributed by atoms with Crippen LogP contribution in [0.4, 0.5) is 0 Å². The minimum atomic E-state index is -0.776. The van der Waals surface area contributed by atoms with Gasteiger partial charge in [-0.1, -0.05) is 83.9 Å². The fourth-order valence-corrected chi connectivity index (χ4v) is 5.34. The number of benzene rings is 4. The van der Waals surface area contributed by atoms with Gasteiger partial charge in [0, 0.05) is 17.1 Å². The molecule has 0 radical (unpaired) electrons. The van der Waals surface area contributed by atoms with Crippen molar-refractivity contribution in [1.29, 1.82) is 0 Å². The largest absolute Gasteiger partial charge is 0.464 e. The van der Waals surface area contributed by atoms with Crippen LogP contribution < -0.4 is 10.6 Å². The van der Waals surface area contributed by atoms with E-state index in [2.05, 4.69) is 15.6 Å². The standard InChI is InChI=1S/C33H25Cl2N3O4/c1-19(24-12-7-10-21-8-3-5-11-25(21)24)37-31(39)23-16-26(34)30(27(35)17-23)32(40)38-29(33(41)42-2)15-20-14-22-9-4-6-13-28(22)36-18-20/h3-19H,1-2H3,(H,37,39)(H,38,40)/b29-15+/t19-/m1/s1. The number of nitrogens with one attached hydrogen (secondary N) is 2. The Morgan fingerprint density at radius 1 is 0.857 bits per heavy atom. The summed E-state index contributed by atoms with van der Waals surface area (Å²) in [5, 5.41) is 8.34. The van der Waals surface area contributed by atoms with Gasteiger partial charge < -0.3 is 15.4 Å². The van der Waals surface area contributed by atoms with E-state index in [4.69, 9.17) is 27.9 Å². The van der Waals surface area contributed by atoms with Gasteiger partial charge in [-0.05, 0) is 59.2 Å². The smallest absolute Gasteiger partial charge is 0.354 e. The predicted molar refractivity (Wildman–Crippen MR) is 165 cm³/mol. The van der Waals surface area contributed by atoms with E-state index < -0.39 is 17.8 Å². The molecule has 0 saturated heterocycles. The van der Waals surface area contributed by atoms with Crippen LogP contribution in [-0.2, 0) is 9.53 Å². The highest BCUT2D eigenvalue weighted by atomic mass is 35.5. The van der Waals surface area contributed by atoms with Gasteiger partial charge in [0.15, 0.2) is 0 Å². The molecule has 9 heteroatoms. The first-order valence-electron chi connectivity index (χ1n) is 13.0. The molecule has 0 aliphatic heterocycles. The Balaban J connectivity index is 1.37. The number of pyridine rings is 1. The summed E-state index contributed by atoms with van der Waals surface area (Å²) in [7, 11) is 1.20. The average Bonchev–Trinajstić information content (AvgIpc) is 2.99. The zero-order valence-corrected chi connectivity index (χ0v) is 24.2. The number of methoxy groups -OCH3 is 1. The number of ether oxygens (including phenoxy) is 1. The summed E-state index contributed by atoms with van der Waals surface area (Å²) in [6.07, 6.45) is 3.02. The quantitative estimate of drug-likeness (QED) is 0.154. The summed E-state index contributed by atoms with van der Waals surface area (Å²) in [5.74, 6) is -1.93. The van der Waals surface area contributed by atoms with Crippen molar-refractivity contribution >= 4 is 68.7 Å². The topological polar surface area (TPSA) is 97.4 Å². The summed E-state index contributed by atoms with van der Waals surface area (Å²) in [6.45, 7) is 1.89. The number of hydrogen-bond acceptors (Lipinski definition) is 5. The van der Waals surface area contributed by atoms with Gasteiger partial charge >= 0.3 is 5.97 Å². The van der Waals surface area contributed by atoms with Crippen LogP contribution in [0.25, 0.3) is 27.8 Å². The van der Waals surface area contributed by atoms with Crippen molar-refractivity contribution < 1.29 is 19.1 Å². The van der Waals surface area contributed by atoms with E-state index in [9.17, 15) is 14.4 Å². The number of carbonyl (C=O) groups excluding carboxylic acids is 3. The maximum atomic E-state index is 13.2.